The van der Waals surface area contributed by atoms with Crippen molar-refractivity contribution < 1.29 is 23.4 Å². The second-order valence-electron chi connectivity index (χ2n) is 8.32. The summed E-state index contributed by atoms with van der Waals surface area (Å²) in [4.78, 5) is 5.36. The number of aromatic nitrogens is 3. The summed E-state index contributed by atoms with van der Waals surface area (Å²) in [5, 5.41) is 9.41. The van der Waals surface area contributed by atoms with E-state index in [1.54, 1.807) is 25.8 Å². The van der Waals surface area contributed by atoms with Crippen molar-refractivity contribution >= 4 is 27.3 Å². The Morgan fingerprint density at radius 1 is 1.05 bits per heavy atom. The average molecular weight is 533 g/mol. The van der Waals surface area contributed by atoms with Gasteiger partial charge in [0.1, 0.15) is 22.8 Å². The van der Waals surface area contributed by atoms with Gasteiger partial charge >= 0.3 is 0 Å². The largest absolute Gasteiger partial charge is 0.496 e. The molecule has 1 unspecified atom stereocenters. The number of unbranched alkanes of at least 4 members (excludes halogenated alkanes) is 2. The molecule has 0 aliphatic carbocycles. The second-order valence-corrected chi connectivity index (χ2v) is 9.24. The molecule has 0 fully saturated rings. The van der Waals surface area contributed by atoms with Gasteiger partial charge in [0, 0.05) is 31.9 Å². The molecule has 37 heavy (non-hydrogen) atoms. The highest BCUT2D eigenvalue weighted by atomic mass is 32.1. The summed E-state index contributed by atoms with van der Waals surface area (Å²) in [7, 11) is 4.99. The Hall–Kier alpha value is -2.82. The molecular weight excluding hydrogens is 492 g/mol. The van der Waals surface area contributed by atoms with Gasteiger partial charge in [0.25, 0.3) is 5.19 Å². The van der Waals surface area contributed by atoms with Crippen LogP contribution in [0.2, 0.25) is 0 Å². The summed E-state index contributed by atoms with van der Waals surface area (Å²) >= 11 is 1.38. The number of ether oxygens (including phenoxy) is 4. The number of hydrogen-bond donors (Lipinski definition) is 1. The minimum Gasteiger partial charge on any atom is -0.496 e. The van der Waals surface area contributed by atoms with Crippen molar-refractivity contribution in [3.05, 3.63) is 24.4 Å². The lowest BCUT2D eigenvalue weighted by molar-refractivity contribution is 0.181. The van der Waals surface area contributed by atoms with Gasteiger partial charge in [0.05, 0.1) is 32.4 Å². The fraction of sp³-hybridized carbons (Fsp3) is 0.556. The number of methoxy groups -OCH3 is 3. The van der Waals surface area contributed by atoms with Crippen molar-refractivity contribution in [1.82, 2.24) is 19.9 Å². The standard InChI is InChI=1S/C25H34N4O5S.C2H6/c1-5-17(9-12-30-2)26-10-7-6-8-11-33-21-13-18(31-3)14-22-19(21)15-23(34-22)20-16-29-24(27-20)35-25(28-29)32-4;1-2/h13-17,26H,5-12H2,1-4H3;1-2H3. The Morgan fingerprint density at radius 3 is 2.59 bits per heavy atom. The lowest BCUT2D eigenvalue weighted by atomic mass is 10.1. The van der Waals surface area contributed by atoms with Gasteiger partial charge in [-0.15, -0.1) is 5.10 Å². The molecule has 9 nitrogen and oxygen atoms in total. The highest BCUT2D eigenvalue weighted by molar-refractivity contribution is 7.18. The van der Waals surface area contributed by atoms with Crippen LogP contribution in [0.25, 0.3) is 27.4 Å². The van der Waals surface area contributed by atoms with Gasteiger partial charge in [0.2, 0.25) is 4.96 Å². The van der Waals surface area contributed by atoms with E-state index in [0.29, 0.717) is 40.6 Å². The Labute approximate surface area is 223 Å². The molecule has 3 heterocycles. The molecule has 0 amide bonds. The Morgan fingerprint density at radius 2 is 1.89 bits per heavy atom. The minimum atomic E-state index is 0.524. The van der Waals surface area contributed by atoms with Crippen LogP contribution in [0.3, 0.4) is 0 Å². The molecule has 0 saturated heterocycles. The topological polar surface area (TPSA) is 92.3 Å². The third kappa shape index (κ3) is 7.59. The fourth-order valence-corrected chi connectivity index (χ4v) is 4.63. The van der Waals surface area contributed by atoms with Gasteiger partial charge in [-0.2, -0.15) is 0 Å². The van der Waals surface area contributed by atoms with Crippen molar-refractivity contribution in [2.75, 3.05) is 41.1 Å². The lowest BCUT2D eigenvalue weighted by Crippen LogP contribution is -2.30. The summed E-state index contributed by atoms with van der Waals surface area (Å²) < 4.78 is 29.8. The summed E-state index contributed by atoms with van der Waals surface area (Å²) in [6, 6.07) is 6.26. The average Bonchev–Trinajstić information content (AvgIpc) is 3.63. The van der Waals surface area contributed by atoms with Gasteiger partial charge in [-0.1, -0.05) is 20.8 Å². The zero-order valence-electron chi connectivity index (χ0n) is 22.8. The zero-order chi connectivity index (χ0) is 26.6. The van der Waals surface area contributed by atoms with E-state index in [9.17, 15) is 0 Å². The summed E-state index contributed by atoms with van der Waals surface area (Å²) in [5.41, 5.74) is 1.40. The predicted molar refractivity (Wildman–Crippen MR) is 148 cm³/mol. The number of imidazole rings is 1. The van der Waals surface area contributed by atoms with Crippen LogP contribution in [0.4, 0.5) is 0 Å². The molecule has 4 rings (SSSR count). The molecule has 204 valence electrons. The van der Waals surface area contributed by atoms with Crippen LogP contribution in [0.15, 0.2) is 28.8 Å². The van der Waals surface area contributed by atoms with E-state index in [2.05, 4.69) is 22.3 Å². The molecule has 1 atom stereocenters. The van der Waals surface area contributed by atoms with Gasteiger partial charge < -0.3 is 28.7 Å². The highest BCUT2D eigenvalue weighted by Crippen LogP contribution is 2.37. The van der Waals surface area contributed by atoms with Crippen molar-refractivity contribution in [2.24, 2.45) is 0 Å². The minimum absolute atomic E-state index is 0.524. The van der Waals surface area contributed by atoms with Crippen LogP contribution >= 0.6 is 11.3 Å². The molecule has 1 aromatic carbocycles. The fourth-order valence-electron chi connectivity index (χ4n) is 3.93. The molecule has 1 N–H and O–H groups in total. The number of fused-ring (bicyclic) bond motifs is 2. The molecule has 0 bridgehead atoms. The van der Waals surface area contributed by atoms with Crippen LogP contribution in [0.1, 0.15) is 52.9 Å². The van der Waals surface area contributed by atoms with Crippen LogP contribution in [-0.4, -0.2) is 61.7 Å². The van der Waals surface area contributed by atoms with E-state index in [0.717, 1.165) is 61.4 Å². The third-order valence-electron chi connectivity index (χ3n) is 5.94. The number of nitrogens with zero attached hydrogens (tertiary/aromatic N) is 3. The second kappa shape index (κ2) is 14.8. The summed E-state index contributed by atoms with van der Waals surface area (Å²) in [5.74, 6) is 2.09. The first-order valence-corrected chi connectivity index (χ1v) is 13.8. The van der Waals surface area contributed by atoms with E-state index >= 15 is 0 Å². The first-order valence-electron chi connectivity index (χ1n) is 13.0. The number of rotatable bonds is 15. The molecule has 3 aromatic heterocycles. The molecule has 0 aliphatic rings. The van der Waals surface area contributed by atoms with Crippen LogP contribution in [-0.2, 0) is 4.74 Å². The molecule has 0 radical (unpaired) electrons. The molecular formula is C27H40N4O5S. The first kappa shape index (κ1) is 28.7. The molecule has 10 heteroatoms. The summed E-state index contributed by atoms with van der Waals surface area (Å²) in [6.45, 7) is 8.66. The third-order valence-corrected chi connectivity index (χ3v) is 6.82. The molecule has 0 saturated carbocycles. The van der Waals surface area contributed by atoms with Gasteiger partial charge in [-0.05, 0) is 56.1 Å². The van der Waals surface area contributed by atoms with Gasteiger partial charge in [0.15, 0.2) is 5.76 Å². The monoisotopic (exact) mass is 532 g/mol. The van der Waals surface area contributed by atoms with Crippen LogP contribution < -0.4 is 19.5 Å². The van der Waals surface area contributed by atoms with E-state index in [1.807, 2.05) is 38.2 Å². The SMILES string of the molecule is CC.CCC(CCOC)NCCCCCOc1cc(OC)cc2oc(-c3cn4nc(OC)sc4n3)cc12. The Bertz CT molecular complexity index is 1190. The molecule has 0 aliphatic heterocycles. The van der Waals surface area contributed by atoms with E-state index in [4.69, 9.17) is 23.4 Å². The summed E-state index contributed by atoms with van der Waals surface area (Å²) in [6.07, 6.45) is 7.19. The quantitative estimate of drug-likeness (QED) is 0.181. The van der Waals surface area contributed by atoms with E-state index in [-0.39, 0.29) is 0 Å². The lowest BCUT2D eigenvalue weighted by Gasteiger charge is -2.16. The van der Waals surface area contributed by atoms with Crippen molar-refractivity contribution in [2.45, 2.75) is 58.9 Å². The normalized spacial score (nSPS) is 11.9. The number of benzene rings is 1. The van der Waals surface area contributed by atoms with Crippen molar-refractivity contribution in [1.29, 1.82) is 0 Å². The van der Waals surface area contributed by atoms with Crippen LogP contribution in [0, 0.1) is 0 Å². The molecule has 0 spiro atoms. The maximum absolute atomic E-state index is 6.16. The van der Waals surface area contributed by atoms with Crippen molar-refractivity contribution in [3.63, 3.8) is 0 Å². The maximum atomic E-state index is 6.16. The van der Waals surface area contributed by atoms with Crippen molar-refractivity contribution in [3.8, 4) is 28.1 Å². The number of nitrogens with one attached hydrogen (secondary N) is 1. The van der Waals surface area contributed by atoms with Gasteiger partial charge in [-0.3, -0.25) is 0 Å². The maximum Gasteiger partial charge on any atom is 0.294 e. The zero-order valence-corrected chi connectivity index (χ0v) is 23.7. The molecule has 4 aromatic rings. The predicted octanol–water partition coefficient (Wildman–Crippen LogP) is 6.20. The van der Waals surface area contributed by atoms with Gasteiger partial charge in [-0.25, -0.2) is 9.50 Å². The van der Waals surface area contributed by atoms with Crippen LogP contribution in [0.5, 0.6) is 16.7 Å². The highest BCUT2D eigenvalue weighted by Gasteiger charge is 2.17. The first-order chi connectivity index (χ1) is 18.1. The Kier molecular flexibility index (Phi) is 11.5. The number of furan rings is 1. The Balaban J connectivity index is 0.00000186. The van der Waals surface area contributed by atoms with E-state index < -0.39 is 0 Å². The smallest absolute Gasteiger partial charge is 0.294 e. The number of hydrogen-bond acceptors (Lipinski definition) is 9. The van der Waals surface area contributed by atoms with E-state index in [1.165, 1.54) is 11.3 Å².